The molecule has 1 atom stereocenters. The van der Waals surface area contributed by atoms with Crippen LogP contribution in [0.5, 0.6) is 0 Å². The topological polar surface area (TPSA) is 55.7 Å². The average molecular weight is 330 g/mol. The fraction of sp³-hybridized carbons (Fsp3) is 0.167. The fourth-order valence-electron chi connectivity index (χ4n) is 1.94. The second-order valence-electron chi connectivity index (χ2n) is 4.71. The molecular formula is C18H16ClNO3. The first-order chi connectivity index (χ1) is 11.1. The van der Waals surface area contributed by atoms with Gasteiger partial charge in [0.05, 0.1) is 12.3 Å². The molecular weight excluding hydrogens is 314 g/mol. The number of hydrogen-bond acceptors (Lipinski definition) is 4. The van der Waals surface area contributed by atoms with E-state index in [4.69, 9.17) is 16.3 Å². The van der Waals surface area contributed by atoms with Crippen molar-refractivity contribution in [3.05, 3.63) is 65.2 Å². The van der Waals surface area contributed by atoms with E-state index >= 15 is 0 Å². The molecule has 2 aromatic rings. The molecule has 23 heavy (non-hydrogen) atoms. The van der Waals surface area contributed by atoms with E-state index in [0.29, 0.717) is 16.3 Å². The van der Waals surface area contributed by atoms with Gasteiger partial charge < -0.3 is 4.74 Å². The van der Waals surface area contributed by atoms with Crippen molar-refractivity contribution in [2.45, 2.75) is 6.92 Å². The molecule has 0 aromatic heterocycles. The summed E-state index contributed by atoms with van der Waals surface area (Å²) in [5, 5.41) is 0.589. The first kappa shape index (κ1) is 16.9. The Kier molecular flexibility index (Phi) is 6.06. The lowest BCUT2D eigenvalue weighted by Gasteiger charge is -2.10. The quantitative estimate of drug-likeness (QED) is 0.347. The molecule has 0 saturated carbocycles. The SMILES string of the molecule is CCOC(=O)C(C=Nc1ccc(Cl)cc1)C(=O)c1ccccc1. The van der Waals surface area contributed by atoms with Gasteiger partial charge in [-0.2, -0.15) is 0 Å². The van der Waals surface area contributed by atoms with Crippen LogP contribution in [0, 0.1) is 5.92 Å². The van der Waals surface area contributed by atoms with Crippen molar-refractivity contribution < 1.29 is 14.3 Å². The number of Topliss-reactive ketones (excluding diaryl/α,β-unsaturated/α-hetero) is 1. The van der Waals surface area contributed by atoms with Crippen LogP contribution in [0.1, 0.15) is 17.3 Å². The summed E-state index contributed by atoms with van der Waals surface area (Å²) in [7, 11) is 0. The molecule has 0 spiro atoms. The summed E-state index contributed by atoms with van der Waals surface area (Å²) in [5.74, 6) is -2.03. The van der Waals surface area contributed by atoms with Crippen LogP contribution >= 0.6 is 11.6 Å². The molecule has 0 aliphatic rings. The van der Waals surface area contributed by atoms with Crippen LogP contribution in [-0.4, -0.2) is 24.6 Å². The zero-order chi connectivity index (χ0) is 16.7. The van der Waals surface area contributed by atoms with Gasteiger partial charge in [0.15, 0.2) is 11.7 Å². The Hall–Kier alpha value is -2.46. The molecule has 0 N–H and O–H groups in total. The van der Waals surface area contributed by atoms with Crippen LogP contribution in [0.3, 0.4) is 0 Å². The van der Waals surface area contributed by atoms with Gasteiger partial charge in [-0.25, -0.2) is 0 Å². The Balaban J connectivity index is 2.25. The highest BCUT2D eigenvalue weighted by Crippen LogP contribution is 2.17. The summed E-state index contributed by atoms with van der Waals surface area (Å²) in [6.07, 6.45) is 1.32. The Morgan fingerprint density at radius 3 is 2.39 bits per heavy atom. The predicted molar refractivity (Wildman–Crippen MR) is 90.5 cm³/mol. The lowest BCUT2D eigenvalue weighted by Crippen LogP contribution is -2.27. The molecule has 0 radical (unpaired) electrons. The normalized spacial score (nSPS) is 12.1. The van der Waals surface area contributed by atoms with Crippen LogP contribution in [0.2, 0.25) is 5.02 Å². The lowest BCUT2D eigenvalue weighted by molar-refractivity contribution is -0.143. The second kappa shape index (κ2) is 8.25. The number of rotatable bonds is 6. The maximum absolute atomic E-state index is 12.5. The summed E-state index contributed by atoms with van der Waals surface area (Å²) in [4.78, 5) is 28.8. The van der Waals surface area contributed by atoms with Gasteiger partial charge in [0.25, 0.3) is 0 Å². The summed E-state index contributed by atoms with van der Waals surface area (Å²) < 4.78 is 4.98. The van der Waals surface area contributed by atoms with Crippen molar-refractivity contribution >= 4 is 35.3 Å². The predicted octanol–water partition coefficient (Wildman–Crippen LogP) is 4.10. The number of aliphatic imine (C=N–C) groups is 1. The van der Waals surface area contributed by atoms with E-state index < -0.39 is 11.9 Å². The first-order valence-corrected chi connectivity index (χ1v) is 7.55. The third-order valence-corrected chi connectivity index (χ3v) is 3.33. The molecule has 0 saturated heterocycles. The summed E-state index contributed by atoms with van der Waals surface area (Å²) in [6.45, 7) is 1.89. The van der Waals surface area contributed by atoms with E-state index in [1.165, 1.54) is 6.21 Å². The smallest absolute Gasteiger partial charge is 0.322 e. The zero-order valence-corrected chi connectivity index (χ0v) is 13.4. The Morgan fingerprint density at radius 1 is 1.13 bits per heavy atom. The summed E-state index contributed by atoms with van der Waals surface area (Å²) in [6, 6.07) is 15.4. The standard InChI is InChI=1S/C18H16ClNO3/c1-2-23-18(22)16(17(21)13-6-4-3-5-7-13)12-20-15-10-8-14(19)9-11-15/h3-12,16H,2H2,1H3. The van der Waals surface area contributed by atoms with Gasteiger partial charge in [0.1, 0.15) is 0 Å². The highest BCUT2D eigenvalue weighted by atomic mass is 35.5. The molecule has 0 fully saturated rings. The number of nitrogens with zero attached hydrogens (tertiary/aromatic N) is 1. The third kappa shape index (κ3) is 4.76. The Labute approximate surface area is 139 Å². The minimum atomic E-state index is -1.08. The van der Waals surface area contributed by atoms with E-state index in [2.05, 4.69) is 4.99 Å². The van der Waals surface area contributed by atoms with Crippen molar-refractivity contribution in [2.75, 3.05) is 6.61 Å². The number of ketones is 1. The number of ether oxygens (including phenoxy) is 1. The number of carbonyl (C=O) groups excluding carboxylic acids is 2. The molecule has 4 nitrogen and oxygen atoms in total. The molecule has 0 bridgehead atoms. The molecule has 5 heteroatoms. The van der Waals surface area contributed by atoms with Gasteiger partial charge in [0, 0.05) is 16.8 Å². The first-order valence-electron chi connectivity index (χ1n) is 7.17. The molecule has 0 aliphatic carbocycles. The number of carbonyl (C=O) groups is 2. The van der Waals surface area contributed by atoms with Gasteiger partial charge in [-0.3, -0.25) is 14.6 Å². The van der Waals surface area contributed by atoms with E-state index in [1.54, 1.807) is 61.5 Å². The molecule has 118 valence electrons. The van der Waals surface area contributed by atoms with E-state index in [1.807, 2.05) is 0 Å². The third-order valence-electron chi connectivity index (χ3n) is 3.08. The number of benzene rings is 2. The molecule has 1 unspecified atom stereocenters. The highest BCUT2D eigenvalue weighted by molar-refractivity contribution is 6.30. The molecule has 2 rings (SSSR count). The van der Waals surface area contributed by atoms with Crippen LogP contribution in [-0.2, 0) is 9.53 Å². The summed E-state index contributed by atoms with van der Waals surface area (Å²) >= 11 is 5.82. The van der Waals surface area contributed by atoms with Crippen molar-refractivity contribution in [1.29, 1.82) is 0 Å². The number of halogens is 1. The van der Waals surface area contributed by atoms with Gasteiger partial charge in [0.2, 0.25) is 0 Å². The van der Waals surface area contributed by atoms with E-state index in [9.17, 15) is 9.59 Å². The Bertz CT molecular complexity index is 696. The largest absolute Gasteiger partial charge is 0.465 e. The Morgan fingerprint density at radius 2 is 1.78 bits per heavy atom. The maximum atomic E-state index is 12.5. The van der Waals surface area contributed by atoms with Crippen LogP contribution in [0.15, 0.2) is 59.6 Å². The average Bonchev–Trinajstić information content (AvgIpc) is 2.57. The summed E-state index contributed by atoms with van der Waals surface area (Å²) in [5.41, 5.74) is 1.04. The van der Waals surface area contributed by atoms with Crippen LogP contribution in [0.25, 0.3) is 0 Å². The van der Waals surface area contributed by atoms with Crippen LogP contribution < -0.4 is 0 Å². The molecule has 0 heterocycles. The molecule has 0 amide bonds. The number of hydrogen-bond donors (Lipinski definition) is 0. The van der Waals surface area contributed by atoms with Crippen molar-refractivity contribution in [2.24, 2.45) is 10.9 Å². The zero-order valence-electron chi connectivity index (χ0n) is 12.6. The lowest BCUT2D eigenvalue weighted by atomic mass is 9.99. The van der Waals surface area contributed by atoms with Gasteiger partial charge in [-0.05, 0) is 31.2 Å². The van der Waals surface area contributed by atoms with E-state index in [-0.39, 0.29) is 12.4 Å². The van der Waals surface area contributed by atoms with Gasteiger partial charge >= 0.3 is 5.97 Å². The van der Waals surface area contributed by atoms with Crippen LogP contribution in [0.4, 0.5) is 5.69 Å². The molecule has 2 aromatic carbocycles. The van der Waals surface area contributed by atoms with Crippen molar-refractivity contribution in [1.82, 2.24) is 0 Å². The van der Waals surface area contributed by atoms with E-state index in [0.717, 1.165) is 0 Å². The maximum Gasteiger partial charge on any atom is 0.322 e. The van der Waals surface area contributed by atoms with Gasteiger partial charge in [-0.1, -0.05) is 41.9 Å². The molecule has 0 aliphatic heterocycles. The monoisotopic (exact) mass is 329 g/mol. The van der Waals surface area contributed by atoms with Crippen molar-refractivity contribution in [3.8, 4) is 0 Å². The minimum absolute atomic E-state index is 0.201. The fourth-order valence-corrected chi connectivity index (χ4v) is 2.06. The van der Waals surface area contributed by atoms with Crippen molar-refractivity contribution in [3.63, 3.8) is 0 Å². The van der Waals surface area contributed by atoms with Gasteiger partial charge in [-0.15, -0.1) is 0 Å². The second-order valence-corrected chi connectivity index (χ2v) is 5.15. The number of esters is 1. The minimum Gasteiger partial charge on any atom is -0.465 e. The highest BCUT2D eigenvalue weighted by Gasteiger charge is 2.27.